The van der Waals surface area contributed by atoms with Crippen LogP contribution in [0, 0.1) is 11.3 Å². The summed E-state index contributed by atoms with van der Waals surface area (Å²) in [4.78, 5) is 22.8. The molecule has 1 amide bonds. The van der Waals surface area contributed by atoms with Gasteiger partial charge in [0.1, 0.15) is 13.1 Å². The Bertz CT molecular complexity index is 488. The third-order valence-corrected chi connectivity index (χ3v) is 1.91. The summed E-state index contributed by atoms with van der Waals surface area (Å²) in [5.74, 6) is -0.419. The van der Waals surface area contributed by atoms with Crippen molar-refractivity contribution in [1.82, 2.24) is 15.1 Å². The number of hydrogen-bond donors (Lipinski definition) is 2. The lowest BCUT2D eigenvalue weighted by Crippen LogP contribution is -2.33. The van der Waals surface area contributed by atoms with E-state index in [4.69, 9.17) is 5.26 Å². The van der Waals surface area contributed by atoms with E-state index in [9.17, 15) is 9.59 Å². The average Bonchev–Trinajstić information content (AvgIpc) is 2.30. The van der Waals surface area contributed by atoms with Crippen LogP contribution in [-0.4, -0.2) is 28.8 Å². The van der Waals surface area contributed by atoms with Gasteiger partial charge < -0.3 is 10.6 Å². The maximum atomic E-state index is 11.5. The summed E-state index contributed by atoms with van der Waals surface area (Å²) in [5, 5.41) is 17.4. The molecule has 17 heavy (non-hydrogen) atoms. The fourth-order valence-corrected chi connectivity index (χ4v) is 1.18. The summed E-state index contributed by atoms with van der Waals surface area (Å²) in [5.41, 5.74) is 0.252. The highest BCUT2D eigenvalue weighted by Gasteiger charge is 2.05. The molecule has 7 nitrogen and oxygen atoms in total. The molecule has 1 heterocycles. The summed E-state index contributed by atoms with van der Waals surface area (Å²) in [6.07, 6.45) is 1.47. The van der Waals surface area contributed by atoms with Gasteiger partial charge in [-0.15, -0.1) is 0 Å². The van der Waals surface area contributed by atoms with E-state index in [1.54, 1.807) is 6.07 Å². The predicted molar refractivity (Wildman–Crippen MR) is 61.3 cm³/mol. The summed E-state index contributed by atoms with van der Waals surface area (Å²) in [6, 6.07) is 3.14. The van der Waals surface area contributed by atoms with Crippen molar-refractivity contribution >= 4 is 11.6 Å². The Morgan fingerprint density at radius 2 is 2.41 bits per heavy atom. The van der Waals surface area contributed by atoms with Gasteiger partial charge in [-0.25, -0.2) is 4.68 Å². The van der Waals surface area contributed by atoms with Gasteiger partial charge in [0, 0.05) is 12.6 Å². The molecule has 2 N–H and O–H groups in total. The number of carbonyl (C=O) groups excluding carboxylic acids is 1. The maximum absolute atomic E-state index is 11.5. The van der Waals surface area contributed by atoms with Crippen molar-refractivity contribution in [3.8, 4) is 6.07 Å². The number of amides is 1. The summed E-state index contributed by atoms with van der Waals surface area (Å²) < 4.78 is 1.04. The zero-order chi connectivity index (χ0) is 12.7. The lowest BCUT2D eigenvalue weighted by Gasteiger charge is -2.06. The van der Waals surface area contributed by atoms with Gasteiger partial charge in [-0.3, -0.25) is 9.59 Å². The van der Waals surface area contributed by atoms with E-state index in [2.05, 4.69) is 15.7 Å². The molecule has 0 aliphatic carbocycles. The minimum absolute atomic E-state index is 0.0803. The summed E-state index contributed by atoms with van der Waals surface area (Å²) >= 11 is 0. The van der Waals surface area contributed by atoms with Crippen LogP contribution >= 0.6 is 0 Å². The van der Waals surface area contributed by atoms with Crippen molar-refractivity contribution in [2.75, 3.05) is 18.4 Å². The topological polar surface area (TPSA) is 99.8 Å². The fourth-order valence-electron chi connectivity index (χ4n) is 1.18. The molecular formula is C10H13N5O2. The van der Waals surface area contributed by atoms with Crippen molar-refractivity contribution in [2.24, 2.45) is 0 Å². The summed E-state index contributed by atoms with van der Waals surface area (Å²) in [7, 11) is 0. The van der Waals surface area contributed by atoms with Crippen LogP contribution in [0.15, 0.2) is 17.1 Å². The second-order valence-corrected chi connectivity index (χ2v) is 3.21. The van der Waals surface area contributed by atoms with Gasteiger partial charge in [0.05, 0.1) is 18.0 Å². The number of aromatic nitrogens is 2. The monoisotopic (exact) mass is 235 g/mol. The van der Waals surface area contributed by atoms with Gasteiger partial charge in [0.25, 0.3) is 5.56 Å². The molecule has 90 valence electrons. The Hall–Kier alpha value is -2.36. The average molecular weight is 235 g/mol. The van der Waals surface area contributed by atoms with Crippen molar-refractivity contribution in [3.05, 3.63) is 22.6 Å². The van der Waals surface area contributed by atoms with Crippen LogP contribution in [0.5, 0.6) is 0 Å². The molecule has 7 heteroatoms. The van der Waals surface area contributed by atoms with E-state index in [-0.39, 0.29) is 18.6 Å². The van der Waals surface area contributed by atoms with Gasteiger partial charge in [0.2, 0.25) is 5.91 Å². The first-order chi connectivity index (χ1) is 8.17. The number of nitrogens with one attached hydrogen (secondary N) is 2. The molecule has 0 atom stereocenters. The van der Waals surface area contributed by atoms with E-state index in [1.165, 1.54) is 12.3 Å². The van der Waals surface area contributed by atoms with E-state index in [0.717, 1.165) is 4.68 Å². The van der Waals surface area contributed by atoms with Crippen molar-refractivity contribution < 1.29 is 4.79 Å². The van der Waals surface area contributed by atoms with Crippen LogP contribution in [0.25, 0.3) is 0 Å². The Labute approximate surface area is 98.1 Å². The van der Waals surface area contributed by atoms with Crippen LogP contribution in [0.4, 0.5) is 5.69 Å². The largest absolute Gasteiger partial charge is 0.384 e. The van der Waals surface area contributed by atoms with Crippen LogP contribution in [0.1, 0.15) is 6.92 Å². The zero-order valence-corrected chi connectivity index (χ0v) is 9.43. The van der Waals surface area contributed by atoms with Crippen molar-refractivity contribution in [3.63, 3.8) is 0 Å². The number of anilines is 1. The fraction of sp³-hybridized carbons (Fsp3) is 0.400. The minimum atomic E-state index is -0.419. The number of hydrogen-bond acceptors (Lipinski definition) is 5. The maximum Gasteiger partial charge on any atom is 0.269 e. The molecule has 0 spiro atoms. The molecule has 0 saturated carbocycles. The smallest absolute Gasteiger partial charge is 0.269 e. The SMILES string of the molecule is CCNc1cnn(CC(=O)NCC#N)c(=O)c1. The summed E-state index contributed by atoms with van der Waals surface area (Å²) in [6.45, 7) is 2.32. The first-order valence-electron chi connectivity index (χ1n) is 5.12. The first-order valence-corrected chi connectivity index (χ1v) is 5.12. The molecule has 0 radical (unpaired) electrons. The zero-order valence-electron chi connectivity index (χ0n) is 9.43. The molecule has 0 bridgehead atoms. The number of nitriles is 1. The number of nitrogens with zero attached hydrogens (tertiary/aromatic N) is 3. The van der Waals surface area contributed by atoms with Gasteiger partial charge in [-0.1, -0.05) is 0 Å². The molecule has 0 saturated heterocycles. The Balaban J connectivity index is 2.70. The molecule has 1 aromatic heterocycles. The second-order valence-electron chi connectivity index (χ2n) is 3.21. The first kappa shape index (κ1) is 12.7. The highest BCUT2D eigenvalue weighted by molar-refractivity contribution is 5.75. The molecule has 0 fully saturated rings. The van der Waals surface area contributed by atoms with E-state index >= 15 is 0 Å². The molecule has 1 aromatic rings. The van der Waals surface area contributed by atoms with Gasteiger partial charge in [-0.05, 0) is 6.92 Å². The molecule has 0 unspecified atom stereocenters. The van der Waals surface area contributed by atoms with E-state index in [0.29, 0.717) is 12.2 Å². The van der Waals surface area contributed by atoms with Crippen LogP contribution < -0.4 is 16.2 Å². The number of rotatable bonds is 5. The van der Waals surface area contributed by atoms with Gasteiger partial charge in [-0.2, -0.15) is 10.4 Å². The molecule has 0 aromatic carbocycles. The van der Waals surface area contributed by atoms with Crippen LogP contribution in [0.2, 0.25) is 0 Å². The normalized spacial score (nSPS) is 9.41. The molecule has 1 rings (SSSR count). The lowest BCUT2D eigenvalue weighted by atomic mass is 10.4. The number of carbonyl (C=O) groups is 1. The Morgan fingerprint density at radius 1 is 1.65 bits per heavy atom. The lowest BCUT2D eigenvalue weighted by molar-refractivity contribution is -0.121. The molecule has 0 aliphatic rings. The quantitative estimate of drug-likeness (QED) is 0.658. The third-order valence-electron chi connectivity index (χ3n) is 1.91. The van der Waals surface area contributed by atoms with Crippen molar-refractivity contribution in [1.29, 1.82) is 5.26 Å². The van der Waals surface area contributed by atoms with E-state index in [1.807, 2.05) is 6.92 Å². The van der Waals surface area contributed by atoms with Crippen LogP contribution in [-0.2, 0) is 11.3 Å². The predicted octanol–water partition coefficient (Wildman–Crippen LogP) is -0.685. The van der Waals surface area contributed by atoms with Gasteiger partial charge in [0.15, 0.2) is 0 Å². The Morgan fingerprint density at radius 3 is 3.00 bits per heavy atom. The molecular weight excluding hydrogens is 222 g/mol. The van der Waals surface area contributed by atoms with Gasteiger partial charge >= 0.3 is 0 Å². The van der Waals surface area contributed by atoms with E-state index < -0.39 is 5.91 Å². The standard InChI is InChI=1S/C10H13N5O2/c1-2-12-8-5-10(17)15(14-6-8)7-9(16)13-4-3-11/h5-6,12H,2,4,7H2,1H3,(H,13,16). The molecule has 0 aliphatic heterocycles. The van der Waals surface area contributed by atoms with Crippen molar-refractivity contribution in [2.45, 2.75) is 13.5 Å². The van der Waals surface area contributed by atoms with Crippen LogP contribution in [0.3, 0.4) is 0 Å². The Kier molecular flexibility index (Phi) is 4.69. The highest BCUT2D eigenvalue weighted by atomic mass is 16.2. The second kappa shape index (κ2) is 6.27. The highest BCUT2D eigenvalue weighted by Crippen LogP contribution is 1.97. The third kappa shape index (κ3) is 3.95. The minimum Gasteiger partial charge on any atom is -0.384 e.